The first kappa shape index (κ1) is 14.7. The fraction of sp³-hybridized carbons (Fsp3) is 0.150. The highest BCUT2D eigenvalue weighted by Crippen LogP contribution is 2.33. The van der Waals surface area contributed by atoms with Crippen LogP contribution in [0, 0.1) is 0 Å². The van der Waals surface area contributed by atoms with Crippen LogP contribution in [0.3, 0.4) is 0 Å². The molecule has 0 saturated carbocycles. The average molecular weight is 316 g/mol. The summed E-state index contributed by atoms with van der Waals surface area (Å²) < 4.78 is 2.13. The summed E-state index contributed by atoms with van der Waals surface area (Å²) in [4.78, 5) is 0. The van der Waals surface area contributed by atoms with Gasteiger partial charge < -0.3 is 10.3 Å². The van der Waals surface area contributed by atoms with Gasteiger partial charge in [0, 0.05) is 28.9 Å². The Morgan fingerprint density at radius 2 is 1.71 bits per heavy atom. The number of nitrogens with zero attached hydrogens (tertiary/aromatic N) is 2. The second-order valence-electron chi connectivity index (χ2n) is 6.68. The van der Waals surface area contributed by atoms with E-state index in [1.807, 2.05) is 32.2 Å². The molecule has 0 saturated heterocycles. The van der Waals surface area contributed by atoms with Crippen molar-refractivity contribution in [1.82, 2.24) is 14.8 Å². The molecule has 0 aliphatic rings. The minimum atomic E-state index is -0.337. The first-order chi connectivity index (χ1) is 11.5. The van der Waals surface area contributed by atoms with Crippen molar-refractivity contribution in [3.8, 4) is 16.8 Å². The van der Waals surface area contributed by atoms with Gasteiger partial charge >= 0.3 is 0 Å². The van der Waals surface area contributed by atoms with E-state index in [-0.39, 0.29) is 5.54 Å². The molecule has 2 aromatic heterocycles. The molecule has 4 rings (SSSR count). The summed E-state index contributed by atoms with van der Waals surface area (Å²) >= 11 is 0. The van der Waals surface area contributed by atoms with Crippen molar-refractivity contribution in [3.63, 3.8) is 0 Å². The van der Waals surface area contributed by atoms with Gasteiger partial charge in [0.2, 0.25) is 0 Å². The van der Waals surface area contributed by atoms with E-state index in [0.29, 0.717) is 0 Å². The summed E-state index contributed by atoms with van der Waals surface area (Å²) in [7, 11) is 0. The first-order valence-corrected chi connectivity index (χ1v) is 8.03. The molecule has 4 heteroatoms. The topological polar surface area (TPSA) is 59.6 Å². The Morgan fingerprint density at radius 3 is 2.38 bits per heavy atom. The van der Waals surface area contributed by atoms with E-state index < -0.39 is 0 Å². The van der Waals surface area contributed by atoms with Crippen LogP contribution in [0.1, 0.15) is 19.4 Å². The fourth-order valence-electron chi connectivity index (χ4n) is 3.08. The number of fused-ring (bicyclic) bond motifs is 1. The molecule has 120 valence electrons. The van der Waals surface area contributed by atoms with E-state index in [1.54, 1.807) is 0 Å². The highest BCUT2D eigenvalue weighted by molar-refractivity contribution is 5.95. The van der Waals surface area contributed by atoms with Crippen molar-refractivity contribution in [2.24, 2.45) is 5.73 Å². The number of nitrogens with two attached hydrogens (primary N) is 1. The minimum Gasteiger partial charge on any atom is -0.323 e. The lowest BCUT2D eigenvalue weighted by Crippen LogP contribution is -2.28. The van der Waals surface area contributed by atoms with Crippen molar-refractivity contribution >= 4 is 10.9 Å². The number of aromatic amines is 1. The molecule has 4 nitrogen and oxygen atoms in total. The second kappa shape index (κ2) is 5.35. The predicted octanol–water partition coefficient (Wildman–Crippen LogP) is 4.21. The van der Waals surface area contributed by atoms with Gasteiger partial charge in [-0.1, -0.05) is 30.3 Å². The van der Waals surface area contributed by atoms with Crippen LogP contribution in [0.4, 0.5) is 0 Å². The van der Waals surface area contributed by atoms with E-state index in [4.69, 9.17) is 5.73 Å². The third-order valence-corrected chi connectivity index (χ3v) is 4.40. The summed E-state index contributed by atoms with van der Waals surface area (Å²) in [5, 5.41) is 8.35. The number of rotatable bonds is 3. The largest absolute Gasteiger partial charge is 0.323 e. The smallest absolute Gasteiger partial charge is 0.0671 e. The number of H-pyrrole nitrogens is 1. The van der Waals surface area contributed by atoms with Crippen LogP contribution in [0.25, 0.3) is 27.7 Å². The average Bonchev–Trinajstić information content (AvgIpc) is 3.24. The van der Waals surface area contributed by atoms with Gasteiger partial charge in [-0.3, -0.25) is 5.10 Å². The lowest BCUT2D eigenvalue weighted by molar-refractivity contribution is 0.554. The normalized spacial score (nSPS) is 12.0. The molecule has 0 aliphatic heterocycles. The van der Waals surface area contributed by atoms with E-state index in [0.717, 1.165) is 27.7 Å². The van der Waals surface area contributed by atoms with Crippen molar-refractivity contribution < 1.29 is 0 Å². The standard InChI is InChI=1S/C20H20N4/c1-20(2,21)15-7-5-14(6-8-15)16-9-10-18-17(13-22-23-18)19(16)24-11-3-4-12-24/h3-13H,21H2,1-2H3,(H,22,23). The fourth-order valence-corrected chi connectivity index (χ4v) is 3.08. The van der Waals surface area contributed by atoms with Gasteiger partial charge in [-0.25, -0.2) is 0 Å². The molecule has 2 aromatic carbocycles. The maximum atomic E-state index is 6.20. The van der Waals surface area contributed by atoms with Crippen LogP contribution < -0.4 is 5.73 Å². The maximum absolute atomic E-state index is 6.20. The Bertz CT molecular complexity index is 971. The third kappa shape index (κ3) is 2.41. The molecular formula is C20H20N4. The van der Waals surface area contributed by atoms with E-state index >= 15 is 0 Å². The van der Waals surface area contributed by atoms with Gasteiger partial charge in [-0.05, 0) is 43.2 Å². The minimum absolute atomic E-state index is 0.337. The number of hydrogen-bond donors (Lipinski definition) is 2. The molecule has 24 heavy (non-hydrogen) atoms. The lowest BCUT2D eigenvalue weighted by atomic mass is 9.93. The molecule has 4 aromatic rings. The lowest BCUT2D eigenvalue weighted by Gasteiger charge is -2.20. The molecule has 0 spiro atoms. The molecule has 0 amide bonds. The number of aromatic nitrogens is 3. The number of hydrogen-bond acceptors (Lipinski definition) is 2. The van der Waals surface area contributed by atoms with Crippen LogP contribution in [0.15, 0.2) is 67.1 Å². The molecule has 3 N–H and O–H groups in total. The van der Waals surface area contributed by atoms with Crippen LogP contribution in [-0.4, -0.2) is 14.8 Å². The van der Waals surface area contributed by atoms with Crippen LogP contribution >= 0.6 is 0 Å². The number of nitrogens with one attached hydrogen (secondary N) is 1. The molecule has 0 fully saturated rings. The van der Waals surface area contributed by atoms with Crippen LogP contribution in [-0.2, 0) is 5.54 Å². The van der Waals surface area contributed by atoms with Crippen molar-refractivity contribution in [1.29, 1.82) is 0 Å². The van der Waals surface area contributed by atoms with Gasteiger partial charge in [0.25, 0.3) is 0 Å². The Labute approximate surface area is 140 Å². The zero-order chi connectivity index (χ0) is 16.7. The van der Waals surface area contributed by atoms with Crippen LogP contribution in [0.2, 0.25) is 0 Å². The van der Waals surface area contributed by atoms with Crippen LogP contribution in [0.5, 0.6) is 0 Å². The van der Waals surface area contributed by atoms with Gasteiger partial charge in [0.1, 0.15) is 0 Å². The van der Waals surface area contributed by atoms with Crippen molar-refractivity contribution in [3.05, 3.63) is 72.7 Å². The third-order valence-electron chi connectivity index (χ3n) is 4.40. The Morgan fingerprint density at radius 1 is 1.00 bits per heavy atom. The monoisotopic (exact) mass is 316 g/mol. The van der Waals surface area contributed by atoms with Crippen molar-refractivity contribution in [2.75, 3.05) is 0 Å². The summed E-state index contributed by atoms with van der Waals surface area (Å²) in [6, 6.07) is 16.8. The Hall–Kier alpha value is -2.85. The molecule has 2 heterocycles. The highest BCUT2D eigenvalue weighted by atomic mass is 15.1. The molecule has 0 unspecified atom stereocenters. The molecule has 0 aliphatic carbocycles. The second-order valence-corrected chi connectivity index (χ2v) is 6.68. The molecular weight excluding hydrogens is 296 g/mol. The molecule has 0 radical (unpaired) electrons. The van der Waals surface area contributed by atoms with E-state index in [1.165, 1.54) is 5.56 Å². The van der Waals surface area contributed by atoms with Gasteiger partial charge in [0.15, 0.2) is 0 Å². The Balaban J connectivity index is 1.92. The van der Waals surface area contributed by atoms with Gasteiger partial charge in [-0.15, -0.1) is 0 Å². The summed E-state index contributed by atoms with van der Waals surface area (Å²) in [5.41, 5.74) is 11.5. The summed E-state index contributed by atoms with van der Waals surface area (Å²) in [5.74, 6) is 0. The van der Waals surface area contributed by atoms with Gasteiger partial charge in [0.05, 0.1) is 17.4 Å². The van der Waals surface area contributed by atoms with E-state index in [2.05, 4.69) is 63.6 Å². The molecule has 0 atom stereocenters. The molecule has 0 bridgehead atoms. The first-order valence-electron chi connectivity index (χ1n) is 8.03. The number of benzene rings is 2. The predicted molar refractivity (Wildman–Crippen MR) is 98.1 cm³/mol. The van der Waals surface area contributed by atoms with Gasteiger partial charge in [-0.2, -0.15) is 5.10 Å². The zero-order valence-electron chi connectivity index (χ0n) is 13.8. The maximum Gasteiger partial charge on any atom is 0.0671 e. The summed E-state index contributed by atoms with van der Waals surface area (Å²) in [6.45, 7) is 4.04. The zero-order valence-corrected chi connectivity index (χ0v) is 13.8. The van der Waals surface area contributed by atoms with E-state index in [9.17, 15) is 0 Å². The quantitative estimate of drug-likeness (QED) is 0.594. The SMILES string of the molecule is CC(C)(N)c1ccc(-c2ccc3[nH]ncc3c2-n2cccc2)cc1. The van der Waals surface area contributed by atoms with Crippen molar-refractivity contribution in [2.45, 2.75) is 19.4 Å². The Kier molecular flexibility index (Phi) is 3.28. The summed E-state index contributed by atoms with van der Waals surface area (Å²) in [6.07, 6.45) is 6.00. The highest BCUT2D eigenvalue weighted by Gasteiger charge is 2.16.